The van der Waals surface area contributed by atoms with Crippen LogP contribution in [0.4, 0.5) is 13.2 Å². The molecule has 2 nitrogen and oxygen atoms in total. The molecule has 0 aromatic carbocycles. The maximum absolute atomic E-state index is 11.6. The van der Waals surface area contributed by atoms with Gasteiger partial charge in [-0.15, -0.1) is 0 Å². The second kappa shape index (κ2) is 3.04. The zero-order valence-corrected chi connectivity index (χ0v) is 5.56. The molecule has 0 aliphatic rings. The highest BCUT2D eigenvalue weighted by Gasteiger charge is 2.39. The Hall–Kier alpha value is -0.840. The Morgan fingerprint density at radius 3 is 2.00 bits per heavy atom. The number of carbonyl (C=O) groups excluding carboxylic acids is 1. The molecular weight excluding hydrogens is 161 g/mol. The van der Waals surface area contributed by atoms with Crippen molar-refractivity contribution in [1.29, 1.82) is 0 Å². The number of halogens is 3. The van der Waals surface area contributed by atoms with E-state index in [1.165, 1.54) is 0 Å². The molecule has 0 bridgehead atoms. The van der Waals surface area contributed by atoms with Crippen molar-refractivity contribution in [2.45, 2.75) is 18.2 Å². The summed E-state index contributed by atoms with van der Waals surface area (Å²) < 4.78 is 34.7. The van der Waals surface area contributed by atoms with Crippen LogP contribution < -0.4 is 0 Å². The summed E-state index contributed by atoms with van der Waals surface area (Å²) in [5.41, 5.74) is -2.47. The third kappa shape index (κ3) is 3.77. The lowest BCUT2D eigenvalue weighted by atomic mass is 10.0. The highest BCUT2D eigenvalue weighted by molar-refractivity contribution is 5.65. The topological polar surface area (TPSA) is 37.3 Å². The molecule has 1 atom stereocenters. The molecule has 0 saturated heterocycles. The van der Waals surface area contributed by atoms with Crippen LogP contribution in [0.2, 0.25) is 0 Å². The van der Waals surface area contributed by atoms with Gasteiger partial charge in [0, 0.05) is 0 Å². The van der Waals surface area contributed by atoms with Crippen molar-refractivity contribution in [3.05, 3.63) is 12.7 Å². The number of hydrogen-bond acceptors (Lipinski definition) is 2. The van der Waals surface area contributed by atoms with Gasteiger partial charge in [0.25, 0.3) is 0 Å². The Morgan fingerprint density at radius 1 is 1.45 bits per heavy atom. The van der Waals surface area contributed by atoms with Crippen LogP contribution in [-0.4, -0.2) is 23.2 Å². The Balaban J connectivity index is 4.31. The molecule has 0 aliphatic heterocycles. The average molecular weight is 168 g/mol. The average Bonchev–Trinajstić information content (AvgIpc) is 1.84. The summed E-state index contributed by atoms with van der Waals surface area (Å²) in [6.07, 6.45) is -5.78. The number of rotatable bonds is 3. The number of carbonyl (C=O) groups is 1. The lowest BCUT2D eigenvalue weighted by Crippen LogP contribution is -2.33. The lowest BCUT2D eigenvalue weighted by molar-refractivity contribution is -0.168. The Kier molecular flexibility index (Phi) is 2.81. The van der Waals surface area contributed by atoms with Crippen molar-refractivity contribution in [3.63, 3.8) is 0 Å². The van der Waals surface area contributed by atoms with E-state index in [-0.39, 0.29) is 6.29 Å². The fraction of sp³-hybridized carbons (Fsp3) is 0.500. The van der Waals surface area contributed by atoms with Gasteiger partial charge < -0.3 is 5.11 Å². The first-order valence-corrected chi connectivity index (χ1v) is 2.72. The van der Waals surface area contributed by atoms with Gasteiger partial charge >= 0.3 is 6.18 Å². The number of aliphatic hydroxyl groups is 1. The fourth-order valence-electron chi connectivity index (χ4n) is 0.483. The number of alkyl halides is 3. The normalized spacial score (nSPS) is 17.1. The Morgan fingerprint density at radius 2 is 1.91 bits per heavy atom. The van der Waals surface area contributed by atoms with Gasteiger partial charge in [0.15, 0.2) is 6.29 Å². The van der Waals surface area contributed by atoms with Crippen LogP contribution in [0.5, 0.6) is 0 Å². The molecule has 0 heterocycles. The number of hydrogen-bond donors (Lipinski definition) is 1. The zero-order chi connectivity index (χ0) is 9.12. The van der Waals surface area contributed by atoms with Crippen LogP contribution in [0, 0.1) is 0 Å². The monoisotopic (exact) mass is 168 g/mol. The minimum atomic E-state index is -4.57. The van der Waals surface area contributed by atoms with Gasteiger partial charge in [0.1, 0.15) is 5.60 Å². The fourth-order valence-corrected chi connectivity index (χ4v) is 0.483. The van der Waals surface area contributed by atoms with E-state index in [1.807, 2.05) is 0 Å². The maximum Gasteiger partial charge on any atom is 0.392 e. The molecule has 5 heteroatoms. The van der Waals surface area contributed by atoms with E-state index >= 15 is 0 Å². The van der Waals surface area contributed by atoms with Crippen molar-refractivity contribution >= 4 is 6.29 Å². The summed E-state index contributed by atoms with van der Waals surface area (Å²) in [4.78, 5) is 9.91. The second-order valence-corrected chi connectivity index (χ2v) is 2.11. The first-order valence-electron chi connectivity index (χ1n) is 2.72. The molecule has 64 valence electrons. The molecule has 0 aromatic heterocycles. The number of aldehydes is 1. The lowest BCUT2D eigenvalue weighted by Gasteiger charge is -2.18. The molecule has 0 amide bonds. The molecule has 11 heavy (non-hydrogen) atoms. The molecule has 0 rings (SSSR count). The van der Waals surface area contributed by atoms with Crippen LogP contribution in [0.3, 0.4) is 0 Å². The van der Waals surface area contributed by atoms with E-state index in [2.05, 4.69) is 6.58 Å². The maximum atomic E-state index is 11.6. The van der Waals surface area contributed by atoms with Gasteiger partial charge in [-0.2, -0.15) is 13.2 Å². The van der Waals surface area contributed by atoms with Gasteiger partial charge in [-0.05, 0) is 0 Å². The summed E-state index contributed by atoms with van der Waals surface area (Å²) in [6.45, 7) is 2.91. The van der Waals surface area contributed by atoms with Crippen LogP contribution in [-0.2, 0) is 4.79 Å². The van der Waals surface area contributed by atoms with Crippen LogP contribution in [0.1, 0.15) is 6.42 Å². The molecular formula is C6H7F3O2. The molecule has 0 aromatic rings. The largest absolute Gasteiger partial charge is 0.392 e. The molecule has 0 aliphatic carbocycles. The summed E-state index contributed by atoms with van der Waals surface area (Å²) in [5, 5.41) is 8.76. The predicted molar refractivity (Wildman–Crippen MR) is 31.9 cm³/mol. The first kappa shape index (κ1) is 10.2. The standard InChI is InChI=1S/C6H7F3O2/c1-2-5(11,4-10)3-6(7,8)9/h2,4,11H,1,3H2. The van der Waals surface area contributed by atoms with Crippen molar-refractivity contribution in [2.24, 2.45) is 0 Å². The van der Waals surface area contributed by atoms with Crippen molar-refractivity contribution in [2.75, 3.05) is 0 Å². The van der Waals surface area contributed by atoms with Gasteiger partial charge in [0.05, 0.1) is 6.42 Å². The van der Waals surface area contributed by atoms with Crippen LogP contribution in [0.15, 0.2) is 12.7 Å². The molecule has 1 unspecified atom stereocenters. The van der Waals surface area contributed by atoms with Gasteiger partial charge in [-0.25, -0.2) is 0 Å². The van der Waals surface area contributed by atoms with Crippen LogP contribution in [0.25, 0.3) is 0 Å². The SMILES string of the molecule is C=CC(O)(C=O)CC(F)(F)F. The highest BCUT2D eigenvalue weighted by atomic mass is 19.4. The van der Waals surface area contributed by atoms with Gasteiger partial charge in [-0.3, -0.25) is 4.79 Å². The Labute approximate surface area is 61.3 Å². The molecule has 0 radical (unpaired) electrons. The molecule has 0 fully saturated rings. The van der Waals surface area contributed by atoms with E-state index < -0.39 is 18.2 Å². The minimum absolute atomic E-state index is 0.187. The van der Waals surface area contributed by atoms with Gasteiger partial charge in [0.2, 0.25) is 0 Å². The van der Waals surface area contributed by atoms with Crippen molar-refractivity contribution < 1.29 is 23.1 Å². The van der Waals surface area contributed by atoms with Crippen molar-refractivity contribution in [1.82, 2.24) is 0 Å². The van der Waals surface area contributed by atoms with E-state index in [9.17, 15) is 18.0 Å². The molecule has 0 spiro atoms. The summed E-state index contributed by atoms with van der Waals surface area (Å²) in [7, 11) is 0. The Bertz CT molecular complexity index is 154. The molecule has 1 N–H and O–H groups in total. The third-order valence-electron chi connectivity index (χ3n) is 1.04. The van der Waals surface area contributed by atoms with Gasteiger partial charge in [-0.1, -0.05) is 12.7 Å². The van der Waals surface area contributed by atoms with E-state index in [0.29, 0.717) is 6.08 Å². The summed E-state index contributed by atoms with van der Waals surface area (Å²) in [5.74, 6) is 0. The quantitative estimate of drug-likeness (QED) is 0.505. The summed E-state index contributed by atoms with van der Waals surface area (Å²) >= 11 is 0. The second-order valence-electron chi connectivity index (χ2n) is 2.11. The van der Waals surface area contributed by atoms with E-state index in [4.69, 9.17) is 5.11 Å². The highest BCUT2D eigenvalue weighted by Crippen LogP contribution is 2.26. The minimum Gasteiger partial charge on any atom is -0.378 e. The third-order valence-corrected chi connectivity index (χ3v) is 1.04. The summed E-state index contributed by atoms with van der Waals surface area (Å²) in [6, 6.07) is 0. The van der Waals surface area contributed by atoms with Crippen LogP contribution >= 0.6 is 0 Å². The van der Waals surface area contributed by atoms with E-state index in [0.717, 1.165) is 0 Å². The van der Waals surface area contributed by atoms with E-state index in [1.54, 1.807) is 0 Å². The smallest absolute Gasteiger partial charge is 0.378 e. The zero-order valence-electron chi connectivity index (χ0n) is 5.56. The predicted octanol–water partition coefficient (Wildman–Crippen LogP) is 1.05. The first-order chi connectivity index (χ1) is 4.83. The molecule has 0 saturated carbocycles. The van der Waals surface area contributed by atoms with Crippen molar-refractivity contribution in [3.8, 4) is 0 Å².